The Morgan fingerprint density at radius 1 is 1.24 bits per heavy atom. The number of aromatic nitrogens is 2. The summed E-state index contributed by atoms with van der Waals surface area (Å²) < 4.78 is 2.04. The monoisotopic (exact) mass is 289 g/mol. The number of hydrogen-bond donors (Lipinski definition) is 1. The van der Waals surface area contributed by atoms with Gasteiger partial charge in [-0.3, -0.25) is 4.68 Å². The van der Waals surface area contributed by atoms with E-state index in [9.17, 15) is 0 Å². The van der Waals surface area contributed by atoms with E-state index in [1.54, 1.807) is 0 Å². The lowest BCUT2D eigenvalue weighted by atomic mass is 9.65. The second-order valence-electron chi connectivity index (χ2n) is 7.18. The summed E-state index contributed by atoms with van der Waals surface area (Å²) in [7, 11) is 2.14. The number of aryl methyl sites for hydroxylation is 1. The predicted molar refractivity (Wildman–Crippen MR) is 87.2 cm³/mol. The average Bonchev–Trinajstić information content (AvgIpc) is 3.00. The van der Waals surface area contributed by atoms with Crippen LogP contribution in [0.25, 0.3) is 0 Å². The van der Waals surface area contributed by atoms with Gasteiger partial charge in [0.05, 0.1) is 6.20 Å². The molecule has 2 saturated carbocycles. The number of nitrogens with one attached hydrogen (secondary N) is 1. The minimum Gasteiger partial charge on any atom is -0.316 e. The molecule has 118 valence electrons. The molecule has 1 N–H and O–H groups in total. The van der Waals surface area contributed by atoms with E-state index in [0.29, 0.717) is 6.04 Å². The summed E-state index contributed by atoms with van der Waals surface area (Å²) in [6, 6.07) is 0.627. The molecule has 0 saturated heterocycles. The Kier molecular flexibility index (Phi) is 4.99. The Bertz CT molecular complexity index is 439. The number of hydrogen-bond acceptors (Lipinski definition) is 2. The molecule has 3 heteroatoms. The van der Waals surface area contributed by atoms with Crippen molar-refractivity contribution in [2.24, 2.45) is 17.8 Å². The SMILES string of the molecule is CCn1cc(CC(NC)C2CCC3CCCCC3C2)cn1. The number of rotatable bonds is 5. The van der Waals surface area contributed by atoms with E-state index in [1.165, 1.54) is 50.5 Å². The highest BCUT2D eigenvalue weighted by molar-refractivity contribution is 5.07. The number of nitrogens with zero attached hydrogens (tertiary/aromatic N) is 2. The van der Waals surface area contributed by atoms with Crippen LogP contribution in [0.3, 0.4) is 0 Å². The van der Waals surface area contributed by atoms with Gasteiger partial charge >= 0.3 is 0 Å². The standard InChI is InChI=1S/C18H31N3/c1-3-21-13-14(12-20-21)10-18(19-2)17-9-8-15-6-4-5-7-16(15)11-17/h12-13,15-19H,3-11H2,1-2H3. The van der Waals surface area contributed by atoms with Crippen molar-refractivity contribution in [1.29, 1.82) is 0 Å². The second kappa shape index (κ2) is 6.95. The molecule has 2 aliphatic carbocycles. The third-order valence-electron chi connectivity index (χ3n) is 5.99. The van der Waals surface area contributed by atoms with Crippen LogP contribution in [-0.2, 0) is 13.0 Å². The quantitative estimate of drug-likeness (QED) is 0.897. The summed E-state index contributed by atoms with van der Waals surface area (Å²) in [6.07, 6.45) is 15.7. The first-order chi connectivity index (χ1) is 10.3. The summed E-state index contributed by atoms with van der Waals surface area (Å²) in [4.78, 5) is 0. The van der Waals surface area contributed by atoms with E-state index in [-0.39, 0.29) is 0 Å². The number of fused-ring (bicyclic) bond motifs is 1. The van der Waals surface area contributed by atoms with Crippen LogP contribution in [0.5, 0.6) is 0 Å². The van der Waals surface area contributed by atoms with E-state index in [1.807, 2.05) is 4.68 Å². The molecule has 0 aliphatic heterocycles. The highest BCUT2D eigenvalue weighted by Gasteiger charge is 2.35. The third-order valence-corrected chi connectivity index (χ3v) is 5.99. The van der Waals surface area contributed by atoms with E-state index < -0.39 is 0 Å². The minimum absolute atomic E-state index is 0.627. The van der Waals surface area contributed by atoms with E-state index in [2.05, 4.69) is 36.8 Å². The van der Waals surface area contributed by atoms with E-state index in [0.717, 1.165) is 30.7 Å². The molecule has 1 aromatic heterocycles. The lowest BCUT2D eigenvalue weighted by molar-refractivity contribution is 0.111. The molecule has 0 aromatic carbocycles. The van der Waals surface area contributed by atoms with Crippen LogP contribution in [0.4, 0.5) is 0 Å². The van der Waals surface area contributed by atoms with Crippen molar-refractivity contribution < 1.29 is 0 Å². The zero-order valence-corrected chi connectivity index (χ0v) is 13.7. The summed E-state index contributed by atoms with van der Waals surface area (Å²) in [5, 5.41) is 8.03. The Morgan fingerprint density at radius 2 is 2.05 bits per heavy atom. The van der Waals surface area contributed by atoms with Crippen molar-refractivity contribution in [3.05, 3.63) is 18.0 Å². The molecule has 2 aliphatic rings. The van der Waals surface area contributed by atoms with Crippen LogP contribution >= 0.6 is 0 Å². The van der Waals surface area contributed by atoms with Crippen molar-refractivity contribution >= 4 is 0 Å². The molecule has 21 heavy (non-hydrogen) atoms. The molecule has 4 unspecified atom stereocenters. The van der Waals surface area contributed by atoms with Gasteiger partial charge in [-0.1, -0.05) is 25.7 Å². The van der Waals surface area contributed by atoms with Gasteiger partial charge in [0.1, 0.15) is 0 Å². The van der Waals surface area contributed by atoms with Crippen LogP contribution in [0.1, 0.15) is 57.4 Å². The summed E-state index contributed by atoms with van der Waals surface area (Å²) in [5.41, 5.74) is 1.39. The van der Waals surface area contributed by atoms with Gasteiger partial charge in [-0.15, -0.1) is 0 Å². The maximum Gasteiger partial charge on any atom is 0.0522 e. The molecule has 2 fully saturated rings. The second-order valence-corrected chi connectivity index (χ2v) is 7.18. The Hall–Kier alpha value is -0.830. The van der Waals surface area contributed by atoms with Crippen molar-refractivity contribution in [1.82, 2.24) is 15.1 Å². The maximum absolute atomic E-state index is 4.42. The van der Waals surface area contributed by atoms with Gasteiger partial charge in [0, 0.05) is 18.8 Å². The van der Waals surface area contributed by atoms with Gasteiger partial charge in [0.25, 0.3) is 0 Å². The molecule has 0 amide bonds. The summed E-state index contributed by atoms with van der Waals surface area (Å²) >= 11 is 0. The molecule has 0 spiro atoms. The zero-order valence-electron chi connectivity index (χ0n) is 13.7. The fourth-order valence-electron chi connectivity index (χ4n) is 4.72. The third kappa shape index (κ3) is 3.50. The van der Waals surface area contributed by atoms with Crippen molar-refractivity contribution in [3.63, 3.8) is 0 Å². The first-order valence-electron chi connectivity index (χ1n) is 8.98. The fourth-order valence-corrected chi connectivity index (χ4v) is 4.72. The van der Waals surface area contributed by atoms with E-state index >= 15 is 0 Å². The van der Waals surface area contributed by atoms with Crippen LogP contribution in [-0.4, -0.2) is 22.9 Å². The molecular weight excluding hydrogens is 258 g/mol. The molecule has 1 heterocycles. The summed E-state index contributed by atoms with van der Waals surface area (Å²) in [5.74, 6) is 2.93. The molecule has 1 aromatic rings. The molecule has 3 rings (SSSR count). The maximum atomic E-state index is 4.42. The van der Waals surface area contributed by atoms with Gasteiger partial charge in [-0.25, -0.2) is 0 Å². The first-order valence-corrected chi connectivity index (χ1v) is 8.98. The van der Waals surface area contributed by atoms with Crippen molar-refractivity contribution in [2.75, 3.05) is 7.05 Å². The van der Waals surface area contributed by atoms with Crippen LogP contribution in [0.2, 0.25) is 0 Å². The van der Waals surface area contributed by atoms with Crippen molar-refractivity contribution in [2.45, 2.75) is 70.9 Å². The normalized spacial score (nSPS) is 30.9. The Balaban J connectivity index is 1.60. The van der Waals surface area contributed by atoms with Crippen LogP contribution < -0.4 is 5.32 Å². The topological polar surface area (TPSA) is 29.9 Å². The molecule has 4 atom stereocenters. The van der Waals surface area contributed by atoms with Gasteiger partial charge in [0.2, 0.25) is 0 Å². The van der Waals surface area contributed by atoms with Crippen LogP contribution in [0, 0.1) is 17.8 Å². The molecular formula is C18H31N3. The lowest BCUT2D eigenvalue weighted by Crippen LogP contribution is -2.40. The molecule has 0 radical (unpaired) electrons. The van der Waals surface area contributed by atoms with Gasteiger partial charge in [-0.2, -0.15) is 5.10 Å². The largest absolute Gasteiger partial charge is 0.316 e. The first kappa shape index (κ1) is 15.1. The highest BCUT2D eigenvalue weighted by atomic mass is 15.3. The Labute approximate surface area is 129 Å². The van der Waals surface area contributed by atoms with Gasteiger partial charge in [-0.05, 0) is 63.0 Å². The van der Waals surface area contributed by atoms with Gasteiger partial charge in [0.15, 0.2) is 0 Å². The zero-order chi connectivity index (χ0) is 14.7. The molecule has 3 nitrogen and oxygen atoms in total. The van der Waals surface area contributed by atoms with E-state index in [4.69, 9.17) is 0 Å². The number of likely N-dealkylation sites (N-methyl/N-ethyl adjacent to an activating group) is 1. The predicted octanol–water partition coefficient (Wildman–Crippen LogP) is 3.64. The fraction of sp³-hybridized carbons (Fsp3) is 0.833. The lowest BCUT2D eigenvalue weighted by Gasteiger charge is -2.42. The minimum atomic E-state index is 0.627. The van der Waals surface area contributed by atoms with Crippen molar-refractivity contribution in [3.8, 4) is 0 Å². The summed E-state index contributed by atoms with van der Waals surface area (Å²) in [6.45, 7) is 3.12. The smallest absolute Gasteiger partial charge is 0.0522 e. The molecule has 0 bridgehead atoms. The van der Waals surface area contributed by atoms with Gasteiger partial charge < -0.3 is 5.32 Å². The average molecular weight is 289 g/mol. The highest BCUT2D eigenvalue weighted by Crippen LogP contribution is 2.43. The van der Waals surface area contributed by atoms with Crippen LogP contribution in [0.15, 0.2) is 12.4 Å². The Morgan fingerprint density at radius 3 is 2.76 bits per heavy atom.